The minimum atomic E-state index is -0.170. The van der Waals surface area contributed by atoms with Crippen molar-refractivity contribution in [1.29, 1.82) is 0 Å². The maximum absolute atomic E-state index is 12.7. The normalized spacial score (nSPS) is 11.3. The van der Waals surface area contributed by atoms with E-state index in [4.69, 9.17) is 4.74 Å². The summed E-state index contributed by atoms with van der Waals surface area (Å²) < 4.78 is 6.84. The van der Waals surface area contributed by atoms with Crippen molar-refractivity contribution in [3.8, 4) is 21.9 Å². The molecule has 2 aromatic heterocycles. The maximum atomic E-state index is 12.7. The van der Waals surface area contributed by atoms with Gasteiger partial charge in [0.05, 0.1) is 18.1 Å². The quantitative estimate of drug-likeness (QED) is 0.594. The third-order valence-corrected chi connectivity index (χ3v) is 5.40. The lowest BCUT2D eigenvalue weighted by Crippen LogP contribution is -2.10. The highest BCUT2D eigenvalue weighted by atomic mass is 32.1. The fraction of sp³-hybridized carbons (Fsp3) is 0.158. The molecular weight excluding hydrogens is 336 g/mol. The van der Waals surface area contributed by atoms with Crippen molar-refractivity contribution in [3.05, 3.63) is 57.9 Å². The first-order chi connectivity index (χ1) is 12.0. The summed E-state index contributed by atoms with van der Waals surface area (Å²) in [5, 5.41) is 10.2. The zero-order valence-corrected chi connectivity index (χ0v) is 14.8. The standard InChI is InChI=1S/C19H16N2O3S/c1-10-6-14-15(7-11(10)2)21-18(23)9-17(25-19(21)20-14)13-8-12(24-3)4-5-16(13)22/h4-9,22H,1-3H3. The van der Waals surface area contributed by atoms with Gasteiger partial charge in [0.1, 0.15) is 11.5 Å². The summed E-state index contributed by atoms with van der Waals surface area (Å²) in [7, 11) is 1.56. The minimum Gasteiger partial charge on any atom is -0.507 e. The van der Waals surface area contributed by atoms with Crippen molar-refractivity contribution < 1.29 is 9.84 Å². The van der Waals surface area contributed by atoms with Crippen LogP contribution < -0.4 is 10.3 Å². The summed E-state index contributed by atoms with van der Waals surface area (Å²) in [4.78, 5) is 18.6. The zero-order chi connectivity index (χ0) is 17.7. The van der Waals surface area contributed by atoms with E-state index in [0.29, 0.717) is 21.2 Å². The van der Waals surface area contributed by atoms with Crippen LogP contribution in [0.15, 0.2) is 41.2 Å². The van der Waals surface area contributed by atoms with E-state index < -0.39 is 0 Å². The van der Waals surface area contributed by atoms with E-state index in [0.717, 1.165) is 22.2 Å². The molecule has 1 N–H and O–H groups in total. The molecule has 0 unspecified atom stereocenters. The molecule has 0 radical (unpaired) electrons. The Labute approximate surface area is 147 Å². The Bertz CT molecular complexity index is 1190. The number of hydrogen-bond donors (Lipinski definition) is 1. The fourth-order valence-electron chi connectivity index (χ4n) is 2.87. The molecule has 25 heavy (non-hydrogen) atoms. The van der Waals surface area contributed by atoms with Gasteiger partial charge in [-0.1, -0.05) is 11.3 Å². The molecule has 2 heterocycles. The third-order valence-electron chi connectivity index (χ3n) is 4.38. The summed E-state index contributed by atoms with van der Waals surface area (Å²) in [6.07, 6.45) is 0. The van der Waals surface area contributed by atoms with Gasteiger partial charge in [-0.25, -0.2) is 4.98 Å². The van der Waals surface area contributed by atoms with Crippen molar-refractivity contribution in [2.45, 2.75) is 13.8 Å². The fourth-order valence-corrected chi connectivity index (χ4v) is 3.92. The van der Waals surface area contributed by atoms with Crippen LogP contribution in [-0.4, -0.2) is 21.6 Å². The highest BCUT2D eigenvalue weighted by Gasteiger charge is 2.14. The van der Waals surface area contributed by atoms with Crippen molar-refractivity contribution in [2.24, 2.45) is 0 Å². The highest BCUT2D eigenvalue weighted by Crippen LogP contribution is 2.35. The van der Waals surface area contributed by atoms with E-state index in [-0.39, 0.29) is 11.3 Å². The first-order valence-corrected chi connectivity index (χ1v) is 8.60. The second-order valence-corrected chi connectivity index (χ2v) is 7.00. The van der Waals surface area contributed by atoms with Crippen molar-refractivity contribution in [2.75, 3.05) is 7.11 Å². The molecule has 6 heteroatoms. The van der Waals surface area contributed by atoms with E-state index in [2.05, 4.69) is 4.98 Å². The molecule has 2 aromatic carbocycles. The lowest BCUT2D eigenvalue weighted by atomic mass is 10.1. The van der Waals surface area contributed by atoms with Crippen molar-refractivity contribution in [3.63, 3.8) is 0 Å². The van der Waals surface area contributed by atoms with Crippen LogP contribution in [0, 0.1) is 13.8 Å². The number of aromatic hydroxyl groups is 1. The Morgan fingerprint density at radius 3 is 2.64 bits per heavy atom. The van der Waals surface area contributed by atoms with E-state index in [1.165, 1.54) is 17.4 Å². The molecule has 0 saturated heterocycles. The van der Waals surface area contributed by atoms with Gasteiger partial charge in [-0.05, 0) is 55.3 Å². The average molecular weight is 352 g/mol. The van der Waals surface area contributed by atoms with Crippen molar-refractivity contribution >= 4 is 27.3 Å². The number of rotatable bonds is 2. The Hall–Kier alpha value is -2.86. The first kappa shape index (κ1) is 15.7. The second kappa shape index (κ2) is 5.60. The molecule has 0 aliphatic heterocycles. The van der Waals surface area contributed by atoms with Crippen LogP contribution in [0.1, 0.15) is 11.1 Å². The van der Waals surface area contributed by atoms with Gasteiger partial charge in [0.25, 0.3) is 5.56 Å². The number of hydrogen-bond acceptors (Lipinski definition) is 5. The number of ether oxygens (including phenoxy) is 1. The van der Waals surface area contributed by atoms with E-state index in [1.807, 2.05) is 26.0 Å². The van der Waals surface area contributed by atoms with Crippen LogP contribution in [0.2, 0.25) is 0 Å². The number of benzene rings is 2. The number of imidazole rings is 1. The number of fused-ring (bicyclic) bond motifs is 3. The summed E-state index contributed by atoms with van der Waals surface area (Å²) in [6, 6.07) is 10.5. The number of aryl methyl sites for hydroxylation is 2. The molecule has 0 bridgehead atoms. The molecule has 126 valence electrons. The molecule has 0 atom stereocenters. The Balaban J connectivity index is 2.03. The van der Waals surface area contributed by atoms with Crippen LogP contribution >= 0.6 is 11.3 Å². The van der Waals surface area contributed by atoms with Gasteiger partial charge in [0, 0.05) is 16.5 Å². The molecule has 4 rings (SSSR count). The van der Waals surface area contributed by atoms with Crippen LogP contribution in [0.4, 0.5) is 0 Å². The molecule has 0 amide bonds. The molecule has 0 saturated carbocycles. The number of phenolic OH excluding ortho intramolecular Hbond substituents is 1. The molecule has 4 aromatic rings. The number of aromatic nitrogens is 2. The third kappa shape index (κ3) is 2.46. The highest BCUT2D eigenvalue weighted by molar-refractivity contribution is 7.20. The summed E-state index contributed by atoms with van der Waals surface area (Å²) >= 11 is 1.36. The maximum Gasteiger partial charge on any atom is 0.258 e. The average Bonchev–Trinajstić information content (AvgIpc) is 2.93. The molecule has 5 nitrogen and oxygen atoms in total. The molecule has 0 spiro atoms. The van der Waals surface area contributed by atoms with E-state index in [9.17, 15) is 9.90 Å². The molecule has 0 aliphatic rings. The molecule has 0 fully saturated rings. The second-order valence-electron chi connectivity index (χ2n) is 5.99. The van der Waals surface area contributed by atoms with Gasteiger partial charge < -0.3 is 9.84 Å². The largest absolute Gasteiger partial charge is 0.507 e. The summed E-state index contributed by atoms with van der Waals surface area (Å²) in [5.41, 5.74) is 4.25. The van der Waals surface area contributed by atoms with Crippen LogP contribution in [-0.2, 0) is 0 Å². The van der Waals surface area contributed by atoms with Gasteiger partial charge in [0.15, 0.2) is 4.96 Å². The minimum absolute atomic E-state index is 0.101. The monoisotopic (exact) mass is 352 g/mol. The Morgan fingerprint density at radius 2 is 1.88 bits per heavy atom. The van der Waals surface area contributed by atoms with Crippen LogP contribution in [0.3, 0.4) is 0 Å². The number of phenols is 1. The smallest absolute Gasteiger partial charge is 0.258 e. The first-order valence-electron chi connectivity index (χ1n) is 7.79. The van der Waals surface area contributed by atoms with E-state index >= 15 is 0 Å². The van der Waals surface area contributed by atoms with Crippen molar-refractivity contribution in [1.82, 2.24) is 9.38 Å². The zero-order valence-electron chi connectivity index (χ0n) is 14.0. The van der Waals surface area contributed by atoms with Gasteiger partial charge in [-0.15, -0.1) is 0 Å². The van der Waals surface area contributed by atoms with Gasteiger partial charge in [-0.2, -0.15) is 0 Å². The molecular formula is C19H16N2O3S. The summed E-state index contributed by atoms with van der Waals surface area (Å²) in [6.45, 7) is 4.05. The van der Waals surface area contributed by atoms with Crippen LogP contribution in [0.25, 0.3) is 26.4 Å². The predicted octanol–water partition coefficient (Wildman–Crippen LogP) is 3.91. The SMILES string of the molecule is COc1ccc(O)c(-c2cc(=O)n3c(nc4cc(C)c(C)cc43)s2)c1. The topological polar surface area (TPSA) is 63.8 Å². The molecule has 0 aliphatic carbocycles. The lowest BCUT2D eigenvalue weighted by molar-refractivity contribution is 0.412. The summed E-state index contributed by atoms with van der Waals surface area (Å²) in [5.74, 6) is 0.718. The van der Waals surface area contributed by atoms with Gasteiger partial charge >= 0.3 is 0 Å². The van der Waals surface area contributed by atoms with Gasteiger partial charge in [0.2, 0.25) is 0 Å². The Kier molecular flexibility index (Phi) is 3.51. The number of nitrogens with zero attached hydrogens (tertiary/aromatic N) is 2. The van der Waals surface area contributed by atoms with Gasteiger partial charge in [-0.3, -0.25) is 9.20 Å². The Morgan fingerprint density at radius 1 is 1.12 bits per heavy atom. The number of methoxy groups -OCH3 is 1. The van der Waals surface area contributed by atoms with Crippen LogP contribution in [0.5, 0.6) is 11.5 Å². The predicted molar refractivity (Wildman–Crippen MR) is 100.0 cm³/mol. The van der Waals surface area contributed by atoms with E-state index in [1.54, 1.807) is 29.7 Å². The lowest BCUT2D eigenvalue weighted by Gasteiger charge is -2.07.